The Balaban J connectivity index is 1.90. The van der Waals surface area contributed by atoms with Gasteiger partial charge in [0.1, 0.15) is 16.8 Å². The van der Waals surface area contributed by atoms with Gasteiger partial charge in [0.05, 0.1) is 18.4 Å². The van der Waals surface area contributed by atoms with Gasteiger partial charge in [-0.15, -0.1) is 11.3 Å². The molecule has 3 nitrogen and oxygen atoms in total. The number of nitrogens with zero attached hydrogens (tertiary/aromatic N) is 2. The minimum Gasteiger partial charge on any atom is -0.497 e. The van der Waals surface area contributed by atoms with Crippen LogP contribution in [0, 0.1) is 17.2 Å². The van der Waals surface area contributed by atoms with E-state index in [1.54, 1.807) is 18.4 Å². The number of fused-ring (bicyclic) bond motifs is 1. The molecule has 22 heavy (non-hydrogen) atoms. The molecule has 1 aromatic carbocycles. The van der Waals surface area contributed by atoms with Crippen LogP contribution >= 0.6 is 11.3 Å². The van der Waals surface area contributed by atoms with Crippen molar-refractivity contribution in [3.63, 3.8) is 0 Å². The molecule has 0 fully saturated rings. The number of methoxy groups -OCH3 is 1. The predicted octanol–water partition coefficient (Wildman–Crippen LogP) is 4.34. The fourth-order valence-electron chi connectivity index (χ4n) is 2.66. The molecule has 2 aromatic rings. The van der Waals surface area contributed by atoms with Crippen LogP contribution in [0.15, 0.2) is 24.3 Å². The van der Waals surface area contributed by atoms with Crippen LogP contribution in [0.4, 0.5) is 0 Å². The van der Waals surface area contributed by atoms with Crippen LogP contribution in [-0.2, 0) is 12.8 Å². The van der Waals surface area contributed by atoms with Gasteiger partial charge < -0.3 is 4.74 Å². The van der Waals surface area contributed by atoms with Crippen LogP contribution < -0.4 is 4.74 Å². The van der Waals surface area contributed by atoms with Crippen LogP contribution in [-0.4, -0.2) is 12.1 Å². The molecule has 0 aliphatic heterocycles. The Bertz CT molecular complexity index is 737. The number of thiazole rings is 1. The average Bonchev–Trinajstić information content (AvgIpc) is 2.96. The first-order valence-corrected chi connectivity index (χ1v) is 8.26. The molecule has 3 rings (SSSR count). The summed E-state index contributed by atoms with van der Waals surface area (Å²) in [6.45, 7) is 2.28. The maximum absolute atomic E-state index is 9.48. The van der Waals surface area contributed by atoms with Gasteiger partial charge in [-0.2, -0.15) is 5.26 Å². The Morgan fingerprint density at radius 1 is 1.41 bits per heavy atom. The van der Waals surface area contributed by atoms with Crippen molar-refractivity contribution in [2.45, 2.75) is 26.2 Å². The number of aryl methyl sites for hydroxylation is 1. The number of benzene rings is 1. The van der Waals surface area contributed by atoms with Gasteiger partial charge in [-0.1, -0.05) is 19.1 Å². The summed E-state index contributed by atoms with van der Waals surface area (Å²) in [5, 5.41) is 10.3. The molecule has 0 amide bonds. The van der Waals surface area contributed by atoms with E-state index in [-0.39, 0.29) is 0 Å². The van der Waals surface area contributed by atoms with Gasteiger partial charge in [0.25, 0.3) is 0 Å². The maximum atomic E-state index is 9.48. The highest BCUT2D eigenvalue weighted by Gasteiger charge is 2.20. The maximum Gasteiger partial charge on any atom is 0.134 e. The molecule has 1 heterocycles. The molecule has 4 heteroatoms. The monoisotopic (exact) mass is 310 g/mol. The minimum absolute atomic E-state index is 0.636. The standard InChI is InChI=1S/C18H18N2OS/c1-12-3-8-16-17(9-12)22-18(20-16)14(11-19)10-13-4-6-15(21-2)7-5-13/h4-7,10,12H,3,8-9H2,1-2H3/b14-10+. The molecule has 1 aliphatic carbocycles. The Morgan fingerprint density at radius 2 is 2.18 bits per heavy atom. The Hall–Kier alpha value is -2.12. The van der Waals surface area contributed by atoms with Gasteiger partial charge in [0, 0.05) is 4.88 Å². The molecular weight excluding hydrogens is 292 g/mol. The highest BCUT2D eigenvalue weighted by Crippen LogP contribution is 2.33. The van der Waals surface area contributed by atoms with Crippen LogP contribution in [0.1, 0.15) is 34.5 Å². The van der Waals surface area contributed by atoms with Crippen molar-refractivity contribution in [2.24, 2.45) is 5.92 Å². The Labute approximate surface area is 134 Å². The van der Waals surface area contributed by atoms with E-state index in [4.69, 9.17) is 4.74 Å². The minimum atomic E-state index is 0.636. The highest BCUT2D eigenvalue weighted by molar-refractivity contribution is 7.13. The second kappa shape index (κ2) is 6.33. The number of ether oxygens (including phenoxy) is 1. The van der Waals surface area contributed by atoms with Gasteiger partial charge in [0.2, 0.25) is 0 Å². The lowest BCUT2D eigenvalue weighted by Crippen LogP contribution is -2.09. The highest BCUT2D eigenvalue weighted by atomic mass is 32.1. The predicted molar refractivity (Wildman–Crippen MR) is 89.8 cm³/mol. The molecule has 1 unspecified atom stereocenters. The topological polar surface area (TPSA) is 45.9 Å². The van der Waals surface area contributed by atoms with Crippen LogP contribution in [0.2, 0.25) is 0 Å². The third-order valence-electron chi connectivity index (χ3n) is 3.96. The summed E-state index contributed by atoms with van der Waals surface area (Å²) in [6, 6.07) is 9.99. The van der Waals surface area contributed by atoms with Crippen molar-refractivity contribution >= 4 is 23.0 Å². The molecule has 1 aromatic heterocycles. The van der Waals surface area contributed by atoms with Gasteiger partial charge in [-0.25, -0.2) is 4.98 Å². The number of rotatable bonds is 3. The molecule has 0 spiro atoms. The van der Waals surface area contributed by atoms with Gasteiger partial charge in [-0.05, 0) is 49.0 Å². The van der Waals surface area contributed by atoms with E-state index in [1.165, 1.54) is 17.0 Å². The summed E-state index contributed by atoms with van der Waals surface area (Å²) >= 11 is 1.67. The number of allylic oxidation sites excluding steroid dienone is 1. The summed E-state index contributed by atoms with van der Waals surface area (Å²) in [4.78, 5) is 6.04. The Kier molecular flexibility index (Phi) is 4.26. The van der Waals surface area contributed by atoms with E-state index in [9.17, 15) is 5.26 Å². The van der Waals surface area contributed by atoms with Crippen molar-refractivity contribution in [2.75, 3.05) is 7.11 Å². The second-order valence-electron chi connectivity index (χ2n) is 5.68. The van der Waals surface area contributed by atoms with Gasteiger partial charge in [0.15, 0.2) is 0 Å². The summed E-state index contributed by atoms with van der Waals surface area (Å²) in [5.41, 5.74) is 2.81. The summed E-state index contributed by atoms with van der Waals surface area (Å²) in [5.74, 6) is 1.53. The largest absolute Gasteiger partial charge is 0.497 e. The molecular formula is C18H18N2OS. The van der Waals surface area contributed by atoms with Gasteiger partial charge >= 0.3 is 0 Å². The number of hydrogen-bond donors (Lipinski definition) is 0. The van der Waals surface area contributed by atoms with Crippen molar-refractivity contribution in [1.29, 1.82) is 5.26 Å². The smallest absolute Gasteiger partial charge is 0.134 e. The normalized spacial score (nSPS) is 17.7. The summed E-state index contributed by atoms with van der Waals surface area (Å²) in [7, 11) is 1.65. The van der Waals surface area contributed by atoms with Crippen molar-refractivity contribution in [1.82, 2.24) is 4.98 Å². The molecule has 112 valence electrons. The lowest BCUT2D eigenvalue weighted by atomic mass is 9.93. The first-order chi connectivity index (χ1) is 10.7. The fraction of sp³-hybridized carbons (Fsp3) is 0.333. The third-order valence-corrected chi connectivity index (χ3v) is 5.12. The van der Waals surface area contributed by atoms with Crippen molar-refractivity contribution in [3.8, 4) is 11.8 Å². The van der Waals surface area contributed by atoms with E-state index in [1.807, 2.05) is 30.3 Å². The quantitative estimate of drug-likeness (QED) is 0.792. The number of nitriles is 1. The fourth-order valence-corrected chi connectivity index (χ4v) is 3.90. The molecule has 0 saturated carbocycles. The zero-order valence-corrected chi connectivity index (χ0v) is 13.6. The first kappa shape index (κ1) is 14.8. The lowest BCUT2D eigenvalue weighted by Gasteiger charge is -2.15. The molecule has 0 radical (unpaired) electrons. The third kappa shape index (κ3) is 3.05. The summed E-state index contributed by atoms with van der Waals surface area (Å²) in [6.07, 6.45) is 5.22. The second-order valence-corrected chi connectivity index (χ2v) is 6.76. The van der Waals surface area contributed by atoms with Crippen molar-refractivity contribution < 1.29 is 4.74 Å². The van der Waals surface area contributed by atoms with Crippen LogP contribution in [0.25, 0.3) is 11.6 Å². The van der Waals surface area contributed by atoms with E-state index in [0.717, 1.165) is 35.1 Å². The van der Waals surface area contributed by atoms with E-state index in [0.29, 0.717) is 5.57 Å². The molecule has 0 N–H and O–H groups in total. The molecule has 0 bridgehead atoms. The lowest BCUT2D eigenvalue weighted by molar-refractivity contribution is 0.415. The molecule has 1 atom stereocenters. The zero-order valence-electron chi connectivity index (χ0n) is 12.8. The van der Waals surface area contributed by atoms with Crippen LogP contribution in [0.5, 0.6) is 5.75 Å². The van der Waals surface area contributed by atoms with Crippen molar-refractivity contribution in [3.05, 3.63) is 45.4 Å². The van der Waals surface area contributed by atoms with Gasteiger partial charge in [-0.3, -0.25) is 0 Å². The zero-order chi connectivity index (χ0) is 15.5. The van der Waals surface area contributed by atoms with Crippen LogP contribution in [0.3, 0.4) is 0 Å². The number of aromatic nitrogens is 1. The average molecular weight is 310 g/mol. The first-order valence-electron chi connectivity index (χ1n) is 7.44. The van der Waals surface area contributed by atoms with E-state index in [2.05, 4.69) is 18.0 Å². The summed E-state index contributed by atoms with van der Waals surface area (Å²) < 4.78 is 5.15. The molecule has 0 saturated heterocycles. The van der Waals surface area contributed by atoms with E-state index >= 15 is 0 Å². The SMILES string of the molecule is COc1ccc(/C=C(\C#N)c2nc3c(s2)CC(C)CC3)cc1. The Morgan fingerprint density at radius 3 is 2.86 bits per heavy atom. The van der Waals surface area contributed by atoms with E-state index < -0.39 is 0 Å². The number of hydrogen-bond acceptors (Lipinski definition) is 4. The molecule has 1 aliphatic rings.